The van der Waals surface area contributed by atoms with Crippen LogP contribution < -0.4 is 18.9 Å². The van der Waals surface area contributed by atoms with E-state index in [-0.39, 0.29) is 23.9 Å². The molecule has 2 fully saturated rings. The fraction of sp³-hybridized carbons (Fsp3) is 0.700. The Balaban J connectivity index is 1.74. The maximum Gasteiger partial charge on any atom is 0.229 e. The molecule has 33 heavy (non-hydrogen) atoms. The first kappa shape index (κ1) is 25.7. The molecule has 3 rings (SSSR count). The Morgan fingerprint density at radius 1 is 0.939 bits per heavy atom. The Morgan fingerprint density at radius 2 is 1.58 bits per heavy atom. The van der Waals surface area contributed by atoms with Crippen LogP contribution in [0.15, 0.2) is 12.1 Å². The van der Waals surface area contributed by atoms with Gasteiger partial charge in [-0.2, -0.15) is 0 Å². The van der Waals surface area contributed by atoms with Gasteiger partial charge in [0.05, 0.1) is 41.2 Å². The number of rotatable bonds is 9. The van der Waals surface area contributed by atoms with Crippen molar-refractivity contribution in [2.45, 2.75) is 48.7 Å². The second kappa shape index (κ2) is 10.5. The summed E-state index contributed by atoms with van der Waals surface area (Å²) < 4.78 is 37.6. The van der Waals surface area contributed by atoms with Crippen LogP contribution in [0.2, 0.25) is 0 Å². The van der Waals surface area contributed by atoms with Gasteiger partial charge in [0.2, 0.25) is 12.0 Å². The van der Waals surface area contributed by atoms with Crippen LogP contribution in [0, 0.1) is 0 Å². The van der Waals surface area contributed by atoms with E-state index in [1.54, 1.807) is 0 Å². The summed E-state index contributed by atoms with van der Waals surface area (Å²) in [5.74, 6) is 0.860. The van der Waals surface area contributed by atoms with Gasteiger partial charge in [-0.25, -0.2) is 0 Å². The summed E-state index contributed by atoms with van der Waals surface area (Å²) in [6, 6.07) is 3.03. The predicted octanol–water partition coefficient (Wildman–Crippen LogP) is -2.64. The average Bonchev–Trinajstić information content (AvgIpc) is 3.12. The number of ether oxygens (including phenoxy) is 7. The summed E-state index contributed by atoms with van der Waals surface area (Å²) in [6.45, 7) is -1.53. The largest absolute Gasteiger partial charge is 0.496 e. The first-order valence-electron chi connectivity index (χ1n) is 10.1. The molecule has 0 radical (unpaired) electrons. The molecule has 2 aliphatic rings. The molecule has 0 aliphatic carbocycles. The third-order valence-electron chi connectivity index (χ3n) is 5.58. The molecule has 0 aromatic heterocycles. The van der Waals surface area contributed by atoms with Gasteiger partial charge < -0.3 is 63.8 Å². The van der Waals surface area contributed by atoms with Gasteiger partial charge in [-0.3, -0.25) is 0 Å². The summed E-state index contributed by atoms with van der Waals surface area (Å²) in [7, 11) is 4.22. The summed E-state index contributed by atoms with van der Waals surface area (Å²) in [6.07, 6.45) is -10.5. The van der Waals surface area contributed by atoms with Crippen LogP contribution in [0.3, 0.4) is 0 Å². The number of methoxy groups -OCH3 is 3. The lowest BCUT2D eigenvalue weighted by molar-refractivity contribution is -0.289. The Hall–Kier alpha value is -1.94. The van der Waals surface area contributed by atoms with Crippen molar-refractivity contribution < 1.29 is 63.8 Å². The Kier molecular flexibility index (Phi) is 8.21. The number of aliphatic hydroxyl groups is 6. The van der Waals surface area contributed by atoms with Crippen molar-refractivity contribution in [3.8, 4) is 23.0 Å². The predicted molar refractivity (Wildman–Crippen MR) is 107 cm³/mol. The molecule has 2 aliphatic heterocycles. The monoisotopic (exact) mass is 478 g/mol. The molecule has 13 nitrogen and oxygen atoms in total. The van der Waals surface area contributed by atoms with E-state index < -0.39 is 61.9 Å². The van der Waals surface area contributed by atoms with Gasteiger partial charge in [-0.15, -0.1) is 0 Å². The van der Waals surface area contributed by atoms with Crippen molar-refractivity contribution >= 4 is 0 Å². The molecular formula is C20H30O13. The maximum atomic E-state index is 10.4. The molecule has 0 saturated carbocycles. The van der Waals surface area contributed by atoms with Crippen LogP contribution in [0.4, 0.5) is 0 Å². The van der Waals surface area contributed by atoms with Gasteiger partial charge in [0, 0.05) is 12.1 Å². The van der Waals surface area contributed by atoms with Crippen LogP contribution in [-0.4, -0.2) is 120 Å². The molecular weight excluding hydrogens is 448 g/mol. The number of hydrogen-bond donors (Lipinski definition) is 6. The standard InChI is InChI=1S/C20H30O13/c1-27-9-4-10(28-2)16(11(5-9)29-3)33-18-15(24)14(23)13(22)12(32-18)6-30-19-17(25)20(26,7-21)8-31-19/h4-5,12-15,17-19,21-26H,6-8H2,1-3H3. The zero-order valence-electron chi connectivity index (χ0n) is 18.4. The van der Waals surface area contributed by atoms with Crippen LogP contribution >= 0.6 is 0 Å². The number of hydrogen-bond acceptors (Lipinski definition) is 13. The summed E-state index contributed by atoms with van der Waals surface area (Å²) in [5.41, 5.74) is -1.89. The molecule has 0 bridgehead atoms. The van der Waals surface area contributed by atoms with Crippen LogP contribution in [0.1, 0.15) is 0 Å². The minimum absolute atomic E-state index is 0.0515. The summed E-state index contributed by atoms with van der Waals surface area (Å²) >= 11 is 0. The normalized spacial score (nSPS) is 36.5. The highest BCUT2D eigenvalue weighted by Gasteiger charge is 2.50. The quantitative estimate of drug-likeness (QED) is 0.216. The average molecular weight is 478 g/mol. The fourth-order valence-electron chi connectivity index (χ4n) is 3.48. The Bertz CT molecular complexity index is 766. The molecule has 2 heterocycles. The van der Waals surface area contributed by atoms with Crippen molar-refractivity contribution in [1.82, 2.24) is 0 Å². The third-order valence-corrected chi connectivity index (χ3v) is 5.58. The van der Waals surface area contributed by atoms with E-state index >= 15 is 0 Å². The molecule has 0 amide bonds. The van der Waals surface area contributed by atoms with E-state index in [2.05, 4.69) is 0 Å². The number of benzene rings is 1. The first-order chi connectivity index (χ1) is 15.7. The molecule has 1 aromatic rings. The Labute approximate surface area is 189 Å². The summed E-state index contributed by atoms with van der Waals surface area (Å²) in [4.78, 5) is 0. The zero-order chi connectivity index (χ0) is 24.3. The van der Waals surface area contributed by atoms with E-state index in [9.17, 15) is 30.6 Å². The highest BCUT2D eigenvalue weighted by molar-refractivity contribution is 5.56. The molecule has 8 unspecified atom stereocenters. The second-order valence-electron chi connectivity index (χ2n) is 7.71. The van der Waals surface area contributed by atoms with E-state index in [1.165, 1.54) is 33.5 Å². The van der Waals surface area contributed by atoms with Crippen molar-refractivity contribution in [1.29, 1.82) is 0 Å². The van der Waals surface area contributed by atoms with Crippen molar-refractivity contribution in [2.75, 3.05) is 41.2 Å². The lowest BCUT2D eigenvalue weighted by Crippen LogP contribution is -2.60. The van der Waals surface area contributed by atoms with Gasteiger partial charge in [-0.1, -0.05) is 0 Å². The van der Waals surface area contributed by atoms with Crippen LogP contribution in [-0.2, 0) is 14.2 Å². The minimum Gasteiger partial charge on any atom is -0.496 e. The molecule has 6 N–H and O–H groups in total. The van der Waals surface area contributed by atoms with Gasteiger partial charge in [0.1, 0.15) is 41.9 Å². The van der Waals surface area contributed by atoms with Crippen molar-refractivity contribution in [3.05, 3.63) is 12.1 Å². The van der Waals surface area contributed by atoms with E-state index in [0.717, 1.165) is 0 Å². The van der Waals surface area contributed by atoms with E-state index in [1.807, 2.05) is 0 Å². The van der Waals surface area contributed by atoms with Gasteiger partial charge >= 0.3 is 0 Å². The topological polar surface area (TPSA) is 186 Å². The molecule has 8 atom stereocenters. The van der Waals surface area contributed by atoms with Crippen molar-refractivity contribution in [2.24, 2.45) is 0 Å². The summed E-state index contributed by atoms with van der Waals surface area (Å²) in [5, 5.41) is 60.4. The first-order valence-corrected chi connectivity index (χ1v) is 10.1. The SMILES string of the molecule is COc1cc(OC)c(OC2OC(COC3OCC(O)(CO)C3O)C(O)C(O)C2O)c(OC)c1. The van der Waals surface area contributed by atoms with E-state index in [0.29, 0.717) is 5.75 Å². The van der Waals surface area contributed by atoms with Gasteiger partial charge in [0.15, 0.2) is 17.8 Å². The van der Waals surface area contributed by atoms with Crippen molar-refractivity contribution in [3.63, 3.8) is 0 Å². The third kappa shape index (κ3) is 5.11. The van der Waals surface area contributed by atoms with Crippen LogP contribution in [0.25, 0.3) is 0 Å². The zero-order valence-corrected chi connectivity index (χ0v) is 18.4. The second-order valence-corrected chi connectivity index (χ2v) is 7.71. The number of aliphatic hydroxyl groups excluding tert-OH is 5. The molecule has 1 aromatic carbocycles. The van der Waals surface area contributed by atoms with Gasteiger partial charge in [0.25, 0.3) is 0 Å². The lowest BCUT2D eigenvalue weighted by atomic mass is 9.99. The molecule has 188 valence electrons. The fourth-order valence-corrected chi connectivity index (χ4v) is 3.48. The molecule has 13 heteroatoms. The lowest BCUT2D eigenvalue weighted by Gasteiger charge is -2.40. The minimum atomic E-state index is -1.89. The molecule has 0 spiro atoms. The Morgan fingerprint density at radius 3 is 2.09 bits per heavy atom. The maximum absolute atomic E-state index is 10.4. The highest BCUT2D eigenvalue weighted by atomic mass is 16.7. The molecule has 2 saturated heterocycles. The van der Waals surface area contributed by atoms with Crippen LogP contribution in [0.5, 0.6) is 23.0 Å². The smallest absolute Gasteiger partial charge is 0.229 e. The highest BCUT2D eigenvalue weighted by Crippen LogP contribution is 2.42. The van der Waals surface area contributed by atoms with Gasteiger partial charge in [-0.05, 0) is 0 Å². The van der Waals surface area contributed by atoms with E-state index in [4.69, 9.17) is 33.2 Å².